The van der Waals surface area contributed by atoms with Gasteiger partial charge in [-0.3, -0.25) is 0 Å². The molecule has 0 bridgehead atoms. The summed E-state index contributed by atoms with van der Waals surface area (Å²) in [6.45, 7) is 8.39. The number of hydrogen-bond acceptors (Lipinski definition) is 4. The molecule has 0 saturated heterocycles. The molecule has 6 heteroatoms. The Morgan fingerprint density at radius 2 is 2.18 bits per heavy atom. The number of aromatic nitrogens is 1. The Morgan fingerprint density at radius 3 is 2.71 bits per heavy atom. The molecule has 0 fully saturated rings. The summed E-state index contributed by atoms with van der Waals surface area (Å²) in [6.07, 6.45) is 0. The first-order chi connectivity index (χ1) is 7.89. The van der Waals surface area contributed by atoms with Crippen LogP contribution in [0.1, 0.15) is 31.5 Å². The van der Waals surface area contributed by atoms with Crippen LogP contribution in [-0.4, -0.2) is 24.1 Å². The largest absolute Gasteiger partial charge is 0.352 e. The van der Waals surface area contributed by atoms with Crippen LogP contribution in [0.25, 0.3) is 0 Å². The molecule has 0 radical (unpaired) electrons. The van der Waals surface area contributed by atoms with Crippen LogP contribution in [0.4, 0.5) is 4.79 Å². The van der Waals surface area contributed by atoms with E-state index in [9.17, 15) is 4.79 Å². The molecule has 0 aromatic carbocycles. The summed E-state index contributed by atoms with van der Waals surface area (Å²) in [7, 11) is 0. The van der Waals surface area contributed by atoms with Crippen molar-refractivity contribution < 1.29 is 4.79 Å². The van der Waals surface area contributed by atoms with E-state index in [0.29, 0.717) is 19.6 Å². The highest BCUT2D eigenvalue weighted by Gasteiger charge is 2.17. The molecule has 17 heavy (non-hydrogen) atoms. The summed E-state index contributed by atoms with van der Waals surface area (Å²) >= 11 is 1.68. The summed E-state index contributed by atoms with van der Waals surface area (Å²) in [6, 6.07) is -0.490. The summed E-state index contributed by atoms with van der Waals surface area (Å²) < 4.78 is 0. The zero-order valence-electron chi connectivity index (χ0n) is 10.5. The van der Waals surface area contributed by atoms with Gasteiger partial charge in [-0.15, -0.1) is 11.3 Å². The number of nitrogens with one attached hydrogen (secondary N) is 2. The lowest BCUT2D eigenvalue weighted by atomic mass is 9.98. The first-order valence-electron chi connectivity index (χ1n) is 5.58. The van der Waals surface area contributed by atoms with Crippen molar-refractivity contribution in [3.8, 4) is 0 Å². The van der Waals surface area contributed by atoms with E-state index in [0.717, 1.165) is 10.7 Å². The van der Waals surface area contributed by atoms with E-state index in [1.165, 1.54) is 0 Å². The fraction of sp³-hybridized carbons (Fsp3) is 0.636. The van der Waals surface area contributed by atoms with Crippen LogP contribution >= 0.6 is 11.3 Å². The maximum Gasteiger partial charge on any atom is 0.312 e. The lowest BCUT2D eigenvalue weighted by molar-refractivity contribution is 0.249. The van der Waals surface area contributed by atoms with Crippen molar-refractivity contribution in [1.82, 2.24) is 15.6 Å². The van der Waals surface area contributed by atoms with E-state index in [1.807, 2.05) is 0 Å². The van der Waals surface area contributed by atoms with Gasteiger partial charge in [0.15, 0.2) is 0 Å². The summed E-state index contributed by atoms with van der Waals surface area (Å²) in [5.41, 5.74) is 6.10. The predicted molar refractivity (Wildman–Crippen MR) is 70.1 cm³/mol. The highest BCUT2D eigenvalue weighted by molar-refractivity contribution is 7.09. The fourth-order valence-electron chi connectivity index (χ4n) is 1.22. The van der Waals surface area contributed by atoms with Crippen molar-refractivity contribution in [3.05, 3.63) is 16.1 Å². The Labute approximate surface area is 106 Å². The van der Waals surface area contributed by atoms with Crippen LogP contribution in [0.2, 0.25) is 0 Å². The molecule has 0 spiro atoms. The van der Waals surface area contributed by atoms with Gasteiger partial charge in [0.2, 0.25) is 0 Å². The van der Waals surface area contributed by atoms with E-state index in [4.69, 9.17) is 5.73 Å². The molecule has 0 saturated carbocycles. The lowest BCUT2D eigenvalue weighted by Crippen LogP contribution is -2.35. The molecule has 2 amide bonds. The fourth-order valence-corrected chi connectivity index (χ4v) is 2.13. The normalized spacial score (nSPS) is 11.5. The number of nitrogens with zero attached hydrogens (tertiary/aromatic N) is 1. The first-order valence-corrected chi connectivity index (χ1v) is 6.46. The minimum absolute atomic E-state index is 0.108. The van der Waals surface area contributed by atoms with Gasteiger partial charge in [0.25, 0.3) is 0 Å². The molecule has 4 N–H and O–H groups in total. The van der Waals surface area contributed by atoms with Gasteiger partial charge < -0.3 is 16.4 Å². The van der Waals surface area contributed by atoms with Gasteiger partial charge in [0, 0.05) is 30.4 Å². The number of carbonyl (C=O) groups excluding carboxylic acids is 1. The highest BCUT2D eigenvalue weighted by atomic mass is 32.1. The maximum absolute atomic E-state index is 10.4. The van der Waals surface area contributed by atoms with E-state index >= 15 is 0 Å². The Morgan fingerprint density at radius 1 is 1.47 bits per heavy atom. The van der Waals surface area contributed by atoms with Crippen molar-refractivity contribution in [3.63, 3.8) is 0 Å². The molecule has 1 heterocycles. The van der Waals surface area contributed by atoms with Crippen LogP contribution in [0.5, 0.6) is 0 Å². The molecule has 0 aliphatic carbocycles. The van der Waals surface area contributed by atoms with Crippen molar-refractivity contribution >= 4 is 17.4 Å². The molecule has 0 unspecified atom stereocenters. The van der Waals surface area contributed by atoms with Crippen LogP contribution in [0.15, 0.2) is 5.38 Å². The van der Waals surface area contributed by atoms with Gasteiger partial charge in [-0.25, -0.2) is 9.78 Å². The number of amides is 2. The molecular formula is C11H20N4OS. The van der Waals surface area contributed by atoms with Gasteiger partial charge in [0.1, 0.15) is 0 Å². The third-order valence-electron chi connectivity index (χ3n) is 2.10. The number of hydrogen-bond donors (Lipinski definition) is 3. The van der Waals surface area contributed by atoms with Crippen molar-refractivity contribution in [2.45, 2.75) is 32.7 Å². The van der Waals surface area contributed by atoms with Crippen LogP contribution < -0.4 is 16.4 Å². The van der Waals surface area contributed by atoms with Crippen molar-refractivity contribution in [2.75, 3.05) is 13.1 Å². The Hall–Kier alpha value is -1.14. The minimum atomic E-state index is -0.490. The molecule has 1 rings (SSSR count). The van der Waals surface area contributed by atoms with Gasteiger partial charge in [0.05, 0.1) is 10.7 Å². The van der Waals surface area contributed by atoms with Gasteiger partial charge in [-0.2, -0.15) is 0 Å². The third-order valence-corrected chi connectivity index (χ3v) is 3.42. The lowest BCUT2D eigenvalue weighted by Gasteiger charge is -2.13. The number of rotatable bonds is 5. The molecule has 96 valence electrons. The zero-order valence-corrected chi connectivity index (χ0v) is 11.4. The Kier molecular flexibility index (Phi) is 4.89. The monoisotopic (exact) mass is 256 g/mol. The van der Waals surface area contributed by atoms with E-state index in [-0.39, 0.29) is 5.41 Å². The number of primary amides is 1. The first kappa shape index (κ1) is 13.9. The molecule has 0 atom stereocenters. The number of urea groups is 1. The maximum atomic E-state index is 10.4. The Bertz CT molecular complexity index is 370. The number of thiazole rings is 1. The minimum Gasteiger partial charge on any atom is -0.352 e. The highest BCUT2D eigenvalue weighted by Crippen LogP contribution is 2.25. The Balaban J connectivity index is 2.28. The smallest absolute Gasteiger partial charge is 0.312 e. The molecule has 0 aliphatic rings. The molecular weight excluding hydrogens is 236 g/mol. The summed E-state index contributed by atoms with van der Waals surface area (Å²) in [5.74, 6) is 0. The van der Waals surface area contributed by atoms with E-state index < -0.39 is 6.03 Å². The topological polar surface area (TPSA) is 80.0 Å². The SMILES string of the molecule is CC(C)(C)c1nc(CNCCNC(N)=O)cs1. The molecule has 5 nitrogen and oxygen atoms in total. The van der Waals surface area contributed by atoms with Gasteiger partial charge >= 0.3 is 6.03 Å². The molecule has 1 aromatic heterocycles. The predicted octanol–water partition coefficient (Wildman–Crippen LogP) is 1.20. The van der Waals surface area contributed by atoms with Crippen LogP contribution in [0.3, 0.4) is 0 Å². The summed E-state index contributed by atoms with van der Waals surface area (Å²) in [5, 5.41) is 8.92. The second-order valence-electron chi connectivity index (χ2n) is 4.86. The van der Waals surface area contributed by atoms with Crippen molar-refractivity contribution in [2.24, 2.45) is 5.73 Å². The van der Waals surface area contributed by atoms with Gasteiger partial charge in [-0.1, -0.05) is 20.8 Å². The average molecular weight is 256 g/mol. The van der Waals surface area contributed by atoms with E-state index in [1.54, 1.807) is 11.3 Å². The molecule has 0 aliphatic heterocycles. The van der Waals surface area contributed by atoms with Crippen LogP contribution in [0, 0.1) is 0 Å². The third kappa shape index (κ3) is 5.14. The number of carbonyl (C=O) groups is 1. The van der Waals surface area contributed by atoms with Crippen molar-refractivity contribution in [1.29, 1.82) is 0 Å². The van der Waals surface area contributed by atoms with Crippen LogP contribution in [-0.2, 0) is 12.0 Å². The second kappa shape index (κ2) is 5.97. The van der Waals surface area contributed by atoms with E-state index in [2.05, 4.69) is 41.8 Å². The quantitative estimate of drug-likeness (QED) is 0.692. The summed E-state index contributed by atoms with van der Waals surface area (Å²) in [4.78, 5) is 15.0. The average Bonchev–Trinajstić information content (AvgIpc) is 2.64. The number of nitrogens with two attached hydrogens (primary N) is 1. The molecule has 1 aromatic rings. The van der Waals surface area contributed by atoms with Gasteiger partial charge in [-0.05, 0) is 0 Å². The zero-order chi connectivity index (χ0) is 12.9. The second-order valence-corrected chi connectivity index (χ2v) is 5.72. The standard InChI is InChI=1S/C11H20N4OS/c1-11(2,3)9-15-8(7-17-9)6-13-4-5-14-10(12)16/h7,13H,4-6H2,1-3H3,(H3,12,14,16).